The van der Waals surface area contributed by atoms with Gasteiger partial charge >= 0.3 is 0 Å². The van der Waals surface area contributed by atoms with E-state index in [-0.39, 0.29) is 5.91 Å². The van der Waals surface area contributed by atoms with Crippen molar-refractivity contribution in [2.45, 2.75) is 13.5 Å². The normalized spacial score (nSPS) is 9.86. The summed E-state index contributed by atoms with van der Waals surface area (Å²) in [5.74, 6) is 6.45. The zero-order chi connectivity index (χ0) is 15.2. The fourth-order valence-corrected chi connectivity index (χ4v) is 1.98. The van der Waals surface area contributed by atoms with E-state index in [1.165, 1.54) is 0 Å². The Morgan fingerprint density at radius 3 is 2.95 bits per heavy atom. The highest BCUT2D eigenvalue weighted by atomic mass is 16.1. The van der Waals surface area contributed by atoms with Gasteiger partial charge < -0.3 is 15.6 Å². The summed E-state index contributed by atoms with van der Waals surface area (Å²) in [6.07, 6.45) is 3.55. The number of carbonyl (C=O) groups is 1. The van der Waals surface area contributed by atoms with Gasteiger partial charge in [-0.05, 0) is 24.6 Å². The van der Waals surface area contributed by atoms with Crippen LogP contribution in [0.1, 0.15) is 27.3 Å². The van der Waals surface area contributed by atoms with Crippen molar-refractivity contribution in [3.8, 4) is 11.8 Å². The van der Waals surface area contributed by atoms with Crippen molar-refractivity contribution in [2.24, 2.45) is 12.8 Å². The number of nitrogens with zero attached hydrogens (tertiary/aromatic N) is 2. The van der Waals surface area contributed by atoms with Gasteiger partial charge in [0.05, 0.1) is 13.1 Å². The lowest BCUT2D eigenvalue weighted by molar-refractivity contribution is 0.0949. The smallest absolute Gasteiger partial charge is 0.251 e. The average molecular weight is 282 g/mol. The number of carbonyl (C=O) groups excluding carboxylic acids is 1. The van der Waals surface area contributed by atoms with Crippen molar-refractivity contribution in [1.29, 1.82) is 0 Å². The molecular formula is C16H18N4O. The maximum Gasteiger partial charge on any atom is 0.251 e. The molecule has 1 aromatic carbocycles. The molecular weight excluding hydrogens is 264 g/mol. The third-order valence-electron chi connectivity index (χ3n) is 3.23. The summed E-state index contributed by atoms with van der Waals surface area (Å²) in [6.45, 7) is 2.58. The van der Waals surface area contributed by atoms with Gasteiger partial charge in [-0.1, -0.05) is 17.9 Å². The number of nitrogens with one attached hydrogen (secondary N) is 1. The van der Waals surface area contributed by atoms with Crippen molar-refractivity contribution in [2.75, 3.05) is 6.54 Å². The fraction of sp³-hybridized carbons (Fsp3) is 0.250. The molecule has 2 aromatic rings. The summed E-state index contributed by atoms with van der Waals surface area (Å²) in [6, 6.07) is 5.49. The van der Waals surface area contributed by atoms with Crippen molar-refractivity contribution >= 4 is 5.91 Å². The lowest BCUT2D eigenvalue weighted by Gasteiger charge is -2.09. The Labute approximate surface area is 124 Å². The molecule has 108 valence electrons. The fourth-order valence-electron chi connectivity index (χ4n) is 1.98. The van der Waals surface area contributed by atoms with Gasteiger partial charge in [0.2, 0.25) is 0 Å². The second-order valence-corrected chi connectivity index (χ2v) is 4.62. The van der Waals surface area contributed by atoms with Crippen LogP contribution in [-0.4, -0.2) is 22.0 Å². The van der Waals surface area contributed by atoms with Crippen LogP contribution in [0.4, 0.5) is 0 Å². The van der Waals surface area contributed by atoms with Gasteiger partial charge in [-0.15, -0.1) is 0 Å². The zero-order valence-corrected chi connectivity index (χ0v) is 12.2. The van der Waals surface area contributed by atoms with Crippen LogP contribution in [0.15, 0.2) is 30.6 Å². The largest absolute Gasteiger partial charge is 0.345 e. The first-order valence-corrected chi connectivity index (χ1v) is 6.66. The number of rotatable bonds is 3. The average Bonchev–Trinajstić information content (AvgIpc) is 2.89. The topological polar surface area (TPSA) is 72.9 Å². The van der Waals surface area contributed by atoms with Crippen LogP contribution in [0.25, 0.3) is 0 Å². The van der Waals surface area contributed by atoms with Gasteiger partial charge in [-0.3, -0.25) is 4.79 Å². The minimum Gasteiger partial charge on any atom is -0.345 e. The molecule has 0 spiro atoms. The van der Waals surface area contributed by atoms with Gasteiger partial charge in [-0.2, -0.15) is 0 Å². The Bertz CT molecular complexity index is 707. The Morgan fingerprint density at radius 2 is 2.29 bits per heavy atom. The third-order valence-corrected chi connectivity index (χ3v) is 3.23. The van der Waals surface area contributed by atoms with E-state index < -0.39 is 0 Å². The van der Waals surface area contributed by atoms with Gasteiger partial charge in [0.15, 0.2) is 0 Å². The number of aromatic nitrogens is 2. The molecule has 1 heterocycles. The summed E-state index contributed by atoms with van der Waals surface area (Å²) in [7, 11) is 1.89. The van der Waals surface area contributed by atoms with Crippen LogP contribution in [0.2, 0.25) is 0 Å². The maximum absolute atomic E-state index is 12.3. The van der Waals surface area contributed by atoms with Gasteiger partial charge in [-0.25, -0.2) is 4.98 Å². The number of benzene rings is 1. The Balaban J connectivity index is 2.14. The number of hydrogen-bond donors (Lipinski definition) is 2. The molecule has 2 rings (SSSR count). The molecule has 0 saturated heterocycles. The van der Waals surface area contributed by atoms with Crippen molar-refractivity contribution in [1.82, 2.24) is 14.9 Å². The van der Waals surface area contributed by atoms with Gasteiger partial charge in [0, 0.05) is 30.6 Å². The van der Waals surface area contributed by atoms with Crippen LogP contribution in [0, 0.1) is 18.8 Å². The molecule has 0 bridgehead atoms. The second-order valence-electron chi connectivity index (χ2n) is 4.62. The molecule has 0 unspecified atom stereocenters. The molecule has 0 fully saturated rings. The predicted octanol–water partition coefficient (Wildman–Crippen LogP) is 0.969. The molecule has 0 atom stereocenters. The molecule has 0 radical (unpaired) electrons. The van der Waals surface area contributed by atoms with E-state index in [2.05, 4.69) is 22.1 Å². The summed E-state index contributed by atoms with van der Waals surface area (Å²) < 4.78 is 1.87. The lowest BCUT2D eigenvalue weighted by Crippen LogP contribution is -2.25. The number of amides is 1. The summed E-state index contributed by atoms with van der Waals surface area (Å²) in [5, 5.41) is 2.87. The lowest BCUT2D eigenvalue weighted by atomic mass is 10.0. The molecule has 21 heavy (non-hydrogen) atoms. The van der Waals surface area contributed by atoms with Crippen molar-refractivity contribution in [3.63, 3.8) is 0 Å². The first-order chi connectivity index (χ1) is 10.1. The van der Waals surface area contributed by atoms with E-state index in [4.69, 9.17) is 5.73 Å². The minimum absolute atomic E-state index is 0.133. The maximum atomic E-state index is 12.3. The van der Waals surface area contributed by atoms with Crippen LogP contribution in [0.3, 0.4) is 0 Å². The molecule has 5 heteroatoms. The van der Waals surface area contributed by atoms with E-state index in [0.29, 0.717) is 18.7 Å². The van der Waals surface area contributed by atoms with Gasteiger partial charge in [0.25, 0.3) is 5.91 Å². The number of nitrogens with two attached hydrogens (primary N) is 1. The van der Waals surface area contributed by atoms with Crippen LogP contribution < -0.4 is 11.1 Å². The number of hydrogen-bond acceptors (Lipinski definition) is 3. The molecule has 1 amide bonds. The standard InChI is InChI=1S/C16H18N4O/c1-12-13(6-4-8-17)5-3-7-14(12)16(21)19-11-15-18-9-10-20(15)2/h3,5,7,9-10H,8,11,17H2,1-2H3,(H,19,21). The van der Waals surface area contributed by atoms with E-state index in [1.54, 1.807) is 12.3 Å². The third kappa shape index (κ3) is 3.50. The number of aryl methyl sites for hydroxylation is 1. The second kappa shape index (κ2) is 6.73. The quantitative estimate of drug-likeness (QED) is 0.824. The molecule has 0 aliphatic heterocycles. The highest BCUT2D eigenvalue weighted by Crippen LogP contribution is 2.13. The minimum atomic E-state index is -0.133. The van der Waals surface area contributed by atoms with E-state index in [9.17, 15) is 4.79 Å². The molecule has 5 nitrogen and oxygen atoms in total. The highest BCUT2D eigenvalue weighted by molar-refractivity contribution is 5.96. The Morgan fingerprint density at radius 1 is 1.48 bits per heavy atom. The number of imidazole rings is 1. The van der Waals surface area contributed by atoms with Crippen molar-refractivity contribution in [3.05, 3.63) is 53.1 Å². The molecule has 3 N–H and O–H groups in total. The summed E-state index contributed by atoms with van der Waals surface area (Å²) in [4.78, 5) is 16.5. The highest BCUT2D eigenvalue weighted by Gasteiger charge is 2.11. The van der Waals surface area contributed by atoms with Gasteiger partial charge in [0.1, 0.15) is 5.82 Å². The first-order valence-electron chi connectivity index (χ1n) is 6.66. The van der Waals surface area contributed by atoms with E-state index in [0.717, 1.165) is 17.0 Å². The Hall–Kier alpha value is -2.58. The van der Waals surface area contributed by atoms with E-state index in [1.807, 2.05) is 36.9 Å². The van der Waals surface area contributed by atoms with Crippen molar-refractivity contribution < 1.29 is 4.79 Å². The molecule has 0 aliphatic rings. The van der Waals surface area contributed by atoms with Crippen LogP contribution >= 0.6 is 0 Å². The molecule has 0 saturated carbocycles. The zero-order valence-electron chi connectivity index (χ0n) is 12.2. The Kier molecular flexibility index (Phi) is 4.75. The summed E-state index contributed by atoms with van der Waals surface area (Å²) in [5.41, 5.74) is 7.68. The first kappa shape index (κ1) is 14.8. The monoisotopic (exact) mass is 282 g/mol. The predicted molar refractivity (Wildman–Crippen MR) is 81.5 cm³/mol. The summed E-state index contributed by atoms with van der Waals surface area (Å²) >= 11 is 0. The molecule has 1 aromatic heterocycles. The van der Waals surface area contributed by atoms with Crippen LogP contribution in [0.5, 0.6) is 0 Å². The van der Waals surface area contributed by atoms with Crippen LogP contribution in [-0.2, 0) is 13.6 Å². The van der Waals surface area contributed by atoms with E-state index >= 15 is 0 Å². The molecule has 0 aliphatic carbocycles. The SMILES string of the molecule is Cc1c(C#CCN)cccc1C(=O)NCc1nccn1C.